The summed E-state index contributed by atoms with van der Waals surface area (Å²) in [6, 6.07) is 6.01. The van der Waals surface area contributed by atoms with Gasteiger partial charge in [0.05, 0.1) is 22.4 Å². The standard InChI is InChI=1S/C38H40F2N6O6/c39-29-17-25-31(45(23-3-4-23)21-27(35(25)47)37(49)50)19-33(29)43-13-9-41(10-14-43)7-1-2-8-42-11-15-44(16-12-42)34-20-32-26(18-30(34)40)36(48)28(38(51)52)22-46(32)24-5-6-24/h1-2,17-24H,3-16H2,(H,49,50)(H,51,52)/b2-1+. The van der Waals surface area contributed by atoms with Gasteiger partial charge in [-0.15, -0.1) is 0 Å². The molecular weight excluding hydrogens is 674 g/mol. The number of hydrogen-bond acceptors (Lipinski definition) is 8. The second-order valence-electron chi connectivity index (χ2n) is 14.3. The van der Waals surface area contributed by atoms with Gasteiger partial charge in [0.1, 0.15) is 22.8 Å². The van der Waals surface area contributed by atoms with E-state index in [1.54, 1.807) is 12.1 Å². The number of fused-ring (bicyclic) bond motifs is 2. The molecule has 12 nitrogen and oxygen atoms in total. The maximum Gasteiger partial charge on any atom is 0.341 e. The van der Waals surface area contributed by atoms with Gasteiger partial charge in [-0.3, -0.25) is 19.4 Å². The van der Waals surface area contributed by atoms with Crippen molar-refractivity contribution in [2.24, 2.45) is 0 Å². The molecule has 0 unspecified atom stereocenters. The molecule has 8 rings (SSSR count). The topological polar surface area (TPSA) is 132 Å². The lowest BCUT2D eigenvalue weighted by Gasteiger charge is -2.36. The van der Waals surface area contributed by atoms with Crippen LogP contribution in [0.1, 0.15) is 58.5 Å². The predicted octanol–water partition coefficient (Wildman–Crippen LogP) is 4.16. The molecular formula is C38H40F2N6O6. The van der Waals surface area contributed by atoms with Crippen molar-refractivity contribution in [1.29, 1.82) is 0 Å². The van der Waals surface area contributed by atoms with Gasteiger partial charge in [0, 0.05) is 101 Å². The Bertz CT molecular complexity index is 2090. The molecule has 4 aliphatic rings. The minimum Gasteiger partial charge on any atom is -0.477 e. The van der Waals surface area contributed by atoms with E-state index < -0.39 is 34.4 Å². The number of anilines is 2. The van der Waals surface area contributed by atoms with Crippen molar-refractivity contribution in [3.63, 3.8) is 0 Å². The molecule has 2 aromatic heterocycles. The second kappa shape index (κ2) is 13.5. The number of nitrogens with zero attached hydrogens (tertiary/aromatic N) is 6. The first-order valence-corrected chi connectivity index (χ1v) is 17.9. The number of aromatic nitrogens is 2. The van der Waals surface area contributed by atoms with E-state index in [2.05, 4.69) is 22.0 Å². The Balaban J connectivity index is 0.855. The molecule has 2 aromatic carbocycles. The van der Waals surface area contributed by atoms with E-state index in [1.165, 1.54) is 24.5 Å². The van der Waals surface area contributed by atoms with Crippen LogP contribution in [-0.4, -0.2) is 107 Å². The van der Waals surface area contributed by atoms with Gasteiger partial charge in [0.2, 0.25) is 10.9 Å². The lowest BCUT2D eigenvalue weighted by molar-refractivity contribution is 0.0684. The summed E-state index contributed by atoms with van der Waals surface area (Å²) in [5, 5.41) is 19.2. The summed E-state index contributed by atoms with van der Waals surface area (Å²) in [6.07, 6.45) is 10.6. The van der Waals surface area contributed by atoms with Crippen LogP contribution in [-0.2, 0) is 0 Å². The average Bonchev–Trinajstić information content (AvgIpc) is 4.06. The number of pyridine rings is 2. The molecule has 0 amide bonds. The highest BCUT2D eigenvalue weighted by molar-refractivity contribution is 5.94. The quantitative estimate of drug-likeness (QED) is 0.231. The Morgan fingerprint density at radius 1 is 0.615 bits per heavy atom. The Labute approximate surface area is 297 Å². The fraction of sp³-hybridized carbons (Fsp3) is 0.421. The molecule has 2 N–H and O–H groups in total. The number of benzene rings is 2. The molecule has 0 atom stereocenters. The Hall–Kier alpha value is -5.08. The number of piperazine rings is 2. The molecule has 2 saturated carbocycles. The van der Waals surface area contributed by atoms with Crippen LogP contribution in [0.3, 0.4) is 0 Å². The number of carboxylic acids is 2. The summed E-state index contributed by atoms with van der Waals surface area (Å²) in [4.78, 5) is 57.6. The van der Waals surface area contributed by atoms with Gasteiger partial charge in [-0.1, -0.05) is 12.2 Å². The SMILES string of the molecule is O=C(O)c1cn(C2CC2)c2cc(N3CCN(C/C=C/CN4CCN(c5cc6c(cc5F)c(=O)c(C(=O)O)cn6C5CC5)CC4)CC3)c(F)cc2c1=O. The van der Waals surface area contributed by atoms with Crippen LogP contribution >= 0.6 is 0 Å². The first kappa shape index (κ1) is 34.0. The minimum atomic E-state index is -1.31. The highest BCUT2D eigenvalue weighted by atomic mass is 19.1. The lowest BCUT2D eigenvalue weighted by Crippen LogP contribution is -2.47. The van der Waals surface area contributed by atoms with Gasteiger partial charge in [-0.25, -0.2) is 18.4 Å². The van der Waals surface area contributed by atoms with Crippen molar-refractivity contribution in [3.05, 3.63) is 92.0 Å². The fourth-order valence-electron chi connectivity index (χ4n) is 7.61. The van der Waals surface area contributed by atoms with Gasteiger partial charge in [-0.2, -0.15) is 0 Å². The number of hydrogen-bond donors (Lipinski definition) is 2. The van der Waals surface area contributed by atoms with Crippen molar-refractivity contribution in [1.82, 2.24) is 18.9 Å². The maximum atomic E-state index is 15.4. The van der Waals surface area contributed by atoms with Gasteiger partial charge in [0.25, 0.3) is 0 Å². The van der Waals surface area contributed by atoms with E-state index in [4.69, 9.17) is 0 Å². The summed E-state index contributed by atoms with van der Waals surface area (Å²) in [5.74, 6) is -3.68. The molecule has 2 aliphatic heterocycles. The van der Waals surface area contributed by atoms with Crippen LogP contribution in [0.25, 0.3) is 21.8 Å². The Morgan fingerprint density at radius 3 is 1.31 bits per heavy atom. The summed E-state index contributed by atoms with van der Waals surface area (Å²) in [6.45, 7) is 6.89. The van der Waals surface area contributed by atoms with Gasteiger partial charge in [-0.05, 0) is 49.9 Å². The third kappa shape index (κ3) is 6.45. The van der Waals surface area contributed by atoms with Crippen LogP contribution in [0.2, 0.25) is 0 Å². The van der Waals surface area contributed by atoms with Crippen LogP contribution in [0.15, 0.2) is 58.4 Å². The third-order valence-corrected chi connectivity index (χ3v) is 10.9. The smallest absolute Gasteiger partial charge is 0.341 e. The molecule has 4 heterocycles. The first-order valence-electron chi connectivity index (χ1n) is 17.9. The molecule has 52 heavy (non-hydrogen) atoms. The largest absolute Gasteiger partial charge is 0.477 e. The monoisotopic (exact) mass is 714 g/mol. The molecule has 0 radical (unpaired) electrons. The van der Waals surface area contributed by atoms with E-state index in [0.717, 1.165) is 65.0 Å². The van der Waals surface area contributed by atoms with Crippen molar-refractivity contribution in [3.8, 4) is 0 Å². The molecule has 4 aromatic rings. The van der Waals surface area contributed by atoms with Crippen LogP contribution in [0, 0.1) is 11.6 Å². The van der Waals surface area contributed by atoms with Gasteiger partial charge < -0.3 is 29.1 Å². The summed E-state index contributed by atoms with van der Waals surface area (Å²) in [5.41, 5.74) is -0.0251. The first-order chi connectivity index (χ1) is 25.1. The third-order valence-electron chi connectivity index (χ3n) is 10.9. The molecule has 2 aliphatic carbocycles. The van der Waals surface area contributed by atoms with E-state index in [0.29, 0.717) is 48.6 Å². The molecule has 0 spiro atoms. The highest BCUT2D eigenvalue weighted by Gasteiger charge is 2.30. The van der Waals surface area contributed by atoms with Crippen LogP contribution in [0.5, 0.6) is 0 Å². The maximum absolute atomic E-state index is 15.4. The molecule has 14 heteroatoms. The van der Waals surface area contributed by atoms with Crippen molar-refractivity contribution in [2.45, 2.75) is 37.8 Å². The average molecular weight is 715 g/mol. The van der Waals surface area contributed by atoms with E-state index >= 15 is 8.78 Å². The van der Waals surface area contributed by atoms with Gasteiger partial charge in [0.15, 0.2) is 0 Å². The number of rotatable bonds is 10. The van der Waals surface area contributed by atoms with E-state index in [1.807, 2.05) is 18.9 Å². The highest BCUT2D eigenvalue weighted by Crippen LogP contribution is 2.39. The summed E-state index contributed by atoms with van der Waals surface area (Å²) >= 11 is 0. The minimum absolute atomic E-state index is 0.0946. The van der Waals surface area contributed by atoms with Crippen molar-refractivity contribution < 1.29 is 28.6 Å². The zero-order valence-corrected chi connectivity index (χ0v) is 28.6. The Kier molecular flexibility index (Phi) is 8.82. The zero-order valence-electron chi connectivity index (χ0n) is 28.6. The normalized spacial score (nSPS) is 19.0. The van der Waals surface area contributed by atoms with Crippen LogP contribution < -0.4 is 20.7 Å². The summed E-state index contributed by atoms with van der Waals surface area (Å²) in [7, 11) is 0. The fourth-order valence-corrected chi connectivity index (χ4v) is 7.61. The van der Waals surface area contributed by atoms with E-state index in [9.17, 15) is 29.4 Å². The zero-order chi connectivity index (χ0) is 36.3. The predicted molar refractivity (Wildman–Crippen MR) is 193 cm³/mol. The number of carbonyl (C=O) groups is 2. The summed E-state index contributed by atoms with van der Waals surface area (Å²) < 4.78 is 34.4. The number of aromatic carboxylic acids is 2. The van der Waals surface area contributed by atoms with Crippen molar-refractivity contribution >= 4 is 45.1 Å². The number of halogens is 2. The van der Waals surface area contributed by atoms with E-state index in [-0.39, 0.29) is 34.0 Å². The van der Waals surface area contributed by atoms with Gasteiger partial charge >= 0.3 is 11.9 Å². The lowest BCUT2D eigenvalue weighted by atomic mass is 10.1. The Morgan fingerprint density at radius 2 is 0.981 bits per heavy atom. The number of carboxylic acid groups (broad SMARTS) is 2. The van der Waals surface area contributed by atoms with Crippen LogP contribution in [0.4, 0.5) is 20.2 Å². The molecule has 4 fully saturated rings. The molecule has 2 saturated heterocycles. The second-order valence-corrected chi connectivity index (χ2v) is 14.3. The molecule has 272 valence electrons. The van der Waals surface area contributed by atoms with Crippen molar-refractivity contribution in [2.75, 3.05) is 75.2 Å². The molecule has 0 bridgehead atoms.